The van der Waals surface area contributed by atoms with E-state index in [-0.39, 0.29) is 6.04 Å². The molecule has 2 heterocycles. The number of hydrogen-bond acceptors (Lipinski definition) is 3. The van der Waals surface area contributed by atoms with Crippen LogP contribution in [-0.4, -0.2) is 44.4 Å². The highest BCUT2D eigenvalue weighted by atomic mass is 32.2. The van der Waals surface area contributed by atoms with Crippen molar-refractivity contribution in [2.24, 2.45) is 5.92 Å². The molecule has 2 unspecified atom stereocenters. The van der Waals surface area contributed by atoms with Crippen molar-refractivity contribution >= 4 is 10.2 Å². The molecule has 18 heavy (non-hydrogen) atoms. The molecule has 0 aromatic heterocycles. The van der Waals surface area contributed by atoms with Gasteiger partial charge in [-0.2, -0.15) is 12.7 Å². The molecule has 0 spiro atoms. The quantitative estimate of drug-likeness (QED) is 0.776. The molecule has 2 rings (SSSR count). The lowest BCUT2D eigenvalue weighted by Crippen LogP contribution is -2.51. The first-order chi connectivity index (χ1) is 8.38. The Hall–Kier alpha value is -0.170. The van der Waals surface area contributed by atoms with Gasteiger partial charge in [0.1, 0.15) is 0 Å². The van der Waals surface area contributed by atoms with E-state index in [0.29, 0.717) is 24.5 Å². The van der Waals surface area contributed by atoms with Gasteiger partial charge in [0.25, 0.3) is 10.2 Å². The molecule has 2 bridgehead atoms. The zero-order valence-electron chi connectivity index (χ0n) is 11.5. The van der Waals surface area contributed by atoms with Crippen LogP contribution in [0.2, 0.25) is 0 Å². The Morgan fingerprint density at radius 2 is 1.83 bits per heavy atom. The van der Waals surface area contributed by atoms with Crippen molar-refractivity contribution in [3.63, 3.8) is 0 Å². The molecule has 0 radical (unpaired) electrons. The Balaban J connectivity index is 1.95. The number of hydrogen-bond donors (Lipinski definition) is 2. The first-order valence-electron chi connectivity index (χ1n) is 6.87. The minimum absolute atomic E-state index is 0.147. The Morgan fingerprint density at radius 3 is 2.33 bits per heavy atom. The third-order valence-corrected chi connectivity index (χ3v) is 5.60. The fourth-order valence-corrected chi connectivity index (χ4v) is 4.21. The lowest BCUT2D eigenvalue weighted by Gasteiger charge is -2.34. The lowest BCUT2D eigenvalue weighted by molar-refractivity contribution is 0.249. The van der Waals surface area contributed by atoms with Gasteiger partial charge in [-0.25, -0.2) is 4.72 Å². The topological polar surface area (TPSA) is 61.4 Å². The smallest absolute Gasteiger partial charge is 0.279 e. The molecule has 2 saturated heterocycles. The van der Waals surface area contributed by atoms with Gasteiger partial charge in [-0.05, 0) is 31.6 Å². The maximum absolute atomic E-state index is 12.2. The maximum Gasteiger partial charge on any atom is 0.279 e. The normalized spacial score (nSPS) is 32.4. The van der Waals surface area contributed by atoms with Gasteiger partial charge in [0.2, 0.25) is 0 Å². The summed E-state index contributed by atoms with van der Waals surface area (Å²) in [5.41, 5.74) is 0. The summed E-state index contributed by atoms with van der Waals surface area (Å²) >= 11 is 0. The number of rotatable bonds is 5. The third kappa shape index (κ3) is 3.23. The summed E-state index contributed by atoms with van der Waals surface area (Å²) in [7, 11) is -1.61. The highest BCUT2D eigenvalue weighted by Gasteiger charge is 2.38. The summed E-state index contributed by atoms with van der Waals surface area (Å²) in [6, 6.07) is 1.17. The maximum atomic E-state index is 12.2. The molecule has 0 aromatic carbocycles. The predicted octanol–water partition coefficient (Wildman–Crippen LogP) is 0.692. The van der Waals surface area contributed by atoms with Crippen LogP contribution in [0.5, 0.6) is 0 Å². The largest absolute Gasteiger partial charge is 0.311 e. The number of nitrogens with one attached hydrogen (secondary N) is 2. The predicted molar refractivity (Wildman–Crippen MR) is 72.5 cm³/mol. The molecule has 2 aliphatic rings. The average Bonchev–Trinajstić information content (AvgIpc) is 2.65. The van der Waals surface area contributed by atoms with E-state index in [4.69, 9.17) is 0 Å². The Morgan fingerprint density at radius 1 is 1.28 bits per heavy atom. The van der Waals surface area contributed by atoms with Crippen LogP contribution in [-0.2, 0) is 10.2 Å². The van der Waals surface area contributed by atoms with E-state index in [1.165, 1.54) is 12.8 Å². The SMILES string of the molecule is CC(C)CNS(=O)(=O)N(C)C1CC2CCC(C1)N2. The number of fused-ring (bicyclic) bond motifs is 2. The standard InChI is InChI=1S/C12H25N3O2S/c1-9(2)8-13-18(16,17)15(3)12-6-10-4-5-11(7-12)14-10/h9-14H,4-8H2,1-3H3. The average molecular weight is 275 g/mol. The highest BCUT2D eigenvalue weighted by Crippen LogP contribution is 2.29. The molecule has 0 aromatic rings. The van der Waals surface area contributed by atoms with Crippen molar-refractivity contribution < 1.29 is 8.42 Å². The second kappa shape index (κ2) is 5.45. The molecule has 2 N–H and O–H groups in total. The summed E-state index contributed by atoms with van der Waals surface area (Å²) in [5.74, 6) is 0.331. The summed E-state index contributed by atoms with van der Waals surface area (Å²) in [6.45, 7) is 4.52. The monoisotopic (exact) mass is 275 g/mol. The summed E-state index contributed by atoms with van der Waals surface area (Å²) in [6.07, 6.45) is 4.26. The van der Waals surface area contributed by atoms with Crippen molar-refractivity contribution in [3.8, 4) is 0 Å². The van der Waals surface area contributed by atoms with Gasteiger partial charge in [-0.15, -0.1) is 0 Å². The zero-order chi connectivity index (χ0) is 13.3. The summed E-state index contributed by atoms with van der Waals surface area (Å²) < 4.78 is 28.6. The van der Waals surface area contributed by atoms with Crippen LogP contribution < -0.4 is 10.0 Å². The molecule has 6 heteroatoms. The Kier molecular flexibility index (Phi) is 4.31. The van der Waals surface area contributed by atoms with Crippen LogP contribution >= 0.6 is 0 Å². The Labute approximate surface area is 110 Å². The molecule has 0 aliphatic carbocycles. The summed E-state index contributed by atoms with van der Waals surface area (Å²) in [4.78, 5) is 0. The first kappa shape index (κ1) is 14.2. The van der Waals surface area contributed by atoms with Crippen LogP contribution in [0.1, 0.15) is 39.5 Å². The van der Waals surface area contributed by atoms with Crippen LogP contribution in [0.3, 0.4) is 0 Å². The van der Waals surface area contributed by atoms with Crippen molar-refractivity contribution in [2.75, 3.05) is 13.6 Å². The van der Waals surface area contributed by atoms with E-state index in [0.717, 1.165) is 12.8 Å². The van der Waals surface area contributed by atoms with E-state index in [1.54, 1.807) is 11.4 Å². The van der Waals surface area contributed by atoms with Gasteiger partial charge in [0.15, 0.2) is 0 Å². The van der Waals surface area contributed by atoms with Gasteiger partial charge < -0.3 is 5.32 Å². The van der Waals surface area contributed by atoms with E-state index < -0.39 is 10.2 Å². The van der Waals surface area contributed by atoms with Crippen molar-refractivity contribution in [1.82, 2.24) is 14.3 Å². The van der Waals surface area contributed by atoms with E-state index in [9.17, 15) is 8.42 Å². The van der Waals surface area contributed by atoms with Gasteiger partial charge in [-0.3, -0.25) is 0 Å². The van der Waals surface area contributed by atoms with Crippen LogP contribution in [0.25, 0.3) is 0 Å². The molecule has 2 aliphatic heterocycles. The Bertz CT molecular complexity index is 371. The van der Waals surface area contributed by atoms with Crippen LogP contribution in [0.4, 0.5) is 0 Å². The first-order valence-corrected chi connectivity index (χ1v) is 8.31. The van der Waals surface area contributed by atoms with E-state index in [2.05, 4.69) is 10.0 Å². The number of nitrogens with zero attached hydrogens (tertiary/aromatic N) is 1. The van der Waals surface area contributed by atoms with Gasteiger partial charge in [-0.1, -0.05) is 13.8 Å². The zero-order valence-corrected chi connectivity index (χ0v) is 12.3. The molecule has 0 saturated carbocycles. The molecular formula is C12H25N3O2S. The second-order valence-corrected chi connectivity index (χ2v) is 7.84. The van der Waals surface area contributed by atoms with Crippen molar-refractivity contribution in [1.29, 1.82) is 0 Å². The van der Waals surface area contributed by atoms with Crippen molar-refractivity contribution in [3.05, 3.63) is 0 Å². The minimum Gasteiger partial charge on any atom is -0.311 e. The fraction of sp³-hybridized carbons (Fsp3) is 1.00. The molecule has 2 fully saturated rings. The number of piperidine rings is 1. The third-order valence-electron chi connectivity index (χ3n) is 4.02. The molecular weight excluding hydrogens is 250 g/mol. The fourth-order valence-electron chi connectivity index (χ4n) is 2.89. The minimum atomic E-state index is -3.32. The van der Waals surface area contributed by atoms with E-state index >= 15 is 0 Å². The summed E-state index contributed by atoms with van der Waals surface area (Å²) in [5, 5.41) is 3.53. The van der Waals surface area contributed by atoms with Crippen LogP contribution in [0.15, 0.2) is 0 Å². The lowest BCUT2D eigenvalue weighted by atomic mass is 10.0. The van der Waals surface area contributed by atoms with E-state index in [1.807, 2.05) is 13.8 Å². The van der Waals surface area contributed by atoms with Crippen LogP contribution in [0, 0.1) is 5.92 Å². The van der Waals surface area contributed by atoms with Gasteiger partial charge in [0, 0.05) is 31.7 Å². The highest BCUT2D eigenvalue weighted by molar-refractivity contribution is 7.87. The second-order valence-electron chi connectivity index (χ2n) is 6.03. The molecule has 2 atom stereocenters. The molecule has 0 amide bonds. The molecule has 5 nitrogen and oxygen atoms in total. The van der Waals surface area contributed by atoms with Gasteiger partial charge >= 0.3 is 0 Å². The van der Waals surface area contributed by atoms with Gasteiger partial charge in [0.05, 0.1) is 0 Å². The molecule has 106 valence electrons. The van der Waals surface area contributed by atoms with Crippen molar-refractivity contribution in [2.45, 2.75) is 57.7 Å².